The maximum atomic E-state index is 12.9. The first-order chi connectivity index (χ1) is 15.5. The average Bonchev–Trinajstić information content (AvgIpc) is 3.29. The number of rotatable bonds is 7. The van der Waals surface area contributed by atoms with E-state index in [-0.39, 0.29) is 22.7 Å². The number of phosphoric acid groups is 1. The highest BCUT2D eigenvalue weighted by Gasteiger charge is 2.45. The second-order valence-corrected chi connectivity index (χ2v) is 9.62. The summed E-state index contributed by atoms with van der Waals surface area (Å²) in [6, 6.07) is 3.58. The molecule has 1 fully saturated rings. The normalized spacial score (nSPS) is 25.2. The number of halogens is 1. The minimum absolute atomic E-state index is 0.0992. The van der Waals surface area contributed by atoms with E-state index in [0.717, 1.165) is 24.3 Å². The number of aromatic nitrogens is 4. The molecule has 1 aliphatic rings. The fourth-order valence-electron chi connectivity index (χ4n) is 3.14. The van der Waals surface area contributed by atoms with E-state index in [9.17, 15) is 32.0 Å². The van der Waals surface area contributed by atoms with Gasteiger partial charge in [0.1, 0.15) is 35.9 Å². The SMILES string of the molecule is Nc1ncnc2c1ncn2C1OC(COP(=O)(O)Oc2ccc(S(=O)(=O)F)cc2)C(O)C1O. The third-order valence-electron chi connectivity index (χ3n) is 4.73. The molecule has 0 aliphatic carbocycles. The summed E-state index contributed by atoms with van der Waals surface area (Å²) in [7, 11) is -9.71. The number of benzene rings is 1. The van der Waals surface area contributed by atoms with E-state index < -0.39 is 54.1 Å². The Labute approximate surface area is 185 Å². The Bertz CT molecular complexity index is 1320. The number of nitrogen functional groups attached to an aromatic ring is 1. The molecule has 5 unspecified atom stereocenters. The summed E-state index contributed by atoms with van der Waals surface area (Å²) in [5.74, 6) is -0.177. The number of hydrogen-bond donors (Lipinski definition) is 4. The molecule has 1 aliphatic heterocycles. The quantitative estimate of drug-likeness (QED) is 0.244. The van der Waals surface area contributed by atoms with Crippen LogP contribution in [0.15, 0.2) is 41.8 Å². The summed E-state index contributed by atoms with van der Waals surface area (Å²) in [6.07, 6.45) is -2.93. The Morgan fingerprint density at radius 1 is 1.18 bits per heavy atom. The third kappa shape index (κ3) is 4.81. The van der Waals surface area contributed by atoms with E-state index >= 15 is 0 Å². The fraction of sp³-hybridized carbons (Fsp3) is 0.312. The van der Waals surface area contributed by atoms with Crippen LogP contribution in [-0.4, -0.2) is 68.0 Å². The molecule has 2 aromatic heterocycles. The van der Waals surface area contributed by atoms with E-state index in [2.05, 4.69) is 15.0 Å². The van der Waals surface area contributed by atoms with Crippen LogP contribution in [-0.2, 0) is 24.0 Å². The van der Waals surface area contributed by atoms with Gasteiger partial charge in [0, 0.05) is 0 Å². The summed E-state index contributed by atoms with van der Waals surface area (Å²) < 4.78 is 63.3. The molecule has 3 aromatic rings. The monoisotopic (exact) mass is 505 g/mol. The van der Waals surface area contributed by atoms with Crippen molar-refractivity contribution in [2.24, 2.45) is 0 Å². The molecule has 14 nitrogen and oxygen atoms in total. The van der Waals surface area contributed by atoms with Crippen LogP contribution in [0.5, 0.6) is 5.75 Å². The number of imidazole rings is 1. The van der Waals surface area contributed by atoms with Crippen LogP contribution in [0.2, 0.25) is 0 Å². The summed E-state index contributed by atoms with van der Waals surface area (Å²) in [5.41, 5.74) is 6.21. The zero-order valence-corrected chi connectivity index (χ0v) is 18.1. The standard InChI is InChI=1S/C16H17FN5O9PS/c17-33(27,28)9-3-1-8(2-4-9)31-32(25,26)29-5-10-12(23)13(24)16(30-10)22-7-21-11-14(18)19-6-20-15(11)22/h1-4,6-7,10,12-13,16,23-24H,5H2,(H,25,26)(H2,18,19,20). The molecule has 3 heterocycles. The zero-order valence-electron chi connectivity index (χ0n) is 16.4. The van der Waals surface area contributed by atoms with Crippen LogP contribution in [0.25, 0.3) is 11.2 Å². The maximum Gasteiger partial charge on any atom is 0.527 e. The van der Waals surface area contributed by atoms with Gasteiger partial charge in [-0.2, -0.15) is 8.42 Å². The van der Waals surface area contributed by atoms with E-state index in [1.165, 1.54) is 17.2 Å². The Hall–Kier alpha value is -2.72. The molecule has 5 N–H and O–H groups in total. The fourth-order valence-corrected chi connectivity index (χ4v) is 4.38. The third-order valence-corrected chi connectivity index (χ3v) is 6.48. The van der Waals surface area contributed by atoms with Gasteiger partial charge < -0.3 is 25.2 Å². The molecule has 0 amide bonds. The molecule has 0 saturated carbocycles. The van der Waals surface area contributed by atoms with Crippen molar-refractivity contribution in [1.29, 1.82) is 0 Å². The van der Waals surface area contributed by atoms with Crippen molar-refractivity contribution >= 4 is 35.0 Å². The largest absolute Gasteiger partial charge is 0.527 e. The number of nitrogens with two attached hydrogens (primary N) is 1. The van der Waals surface area contributed by atoms with Crippen LogP contribution >= 0.6 is 7.82 Å². The van der Waals surface area contributed by atoms with Crippen molar-refractivity contribution in [3.63, 3.8) is 0 Å². The number of anilines is 1. The number of ether oxygens (including phenoxy) is 1. The minimum Gasteiger partial charge on any atom is -0.404 e. The number of aliphatic hydroxyl groups excluding tert-OH is 2. The summed E-state index contributed by atoms with van der Waals surface area (Å²) in [5, 5.41) is 20.7. The minimum atomic E-state index is -4.94. The van der Waals surface area contributed by atoms with Gasteiger partial charge in [0.05, 0.1) is 17.8 Å². The maximum absolute atomic E-state index is 12.9. The average molecular weight is 505 g/mol. The molecule has 0 spiro atoms. The first-order valence-corrected chi connectivity index (χ1v) is 12.0. The van der Waals surface area contributed by atoms with Gasteiger partial charge in [0.25, 0.3) is 0 Å². The van der Waals surface area contributed by atoms with Gasteiger partial charge in [0.2, 0.25) is 0 Å². The molecule has 17 heteroatoms. The van der Waals surface area contributed by atoms with Crippen molar-refractivity contribution in [2.45, 2.75) is 29.4 Å². The van der Waals surface area contributed by atoms with Crippen molar-refractivity contribution in [3.05, 3.63) is 36.9 Å². The number of hydrogen-bond acceptors (Lipinski definition) is 12. The molecular formula is C16H17FN5O9PS. The molecule has 5 atom stereocenters. The molecule has 1 saturated heterocycles. The van der Waals surface area contributed by atoms with Gasteiger partial charge in [-0.15, -0.1) is 3.89 Å². The highest BCUT2D eigenvalue weighted by molar-refractivity contribution is 7.86. The predicted molar refractivity (Wildman–Crippen MR) is 107 cm³/mol. The summed E-state index contributed by atoms with van der Waals surface area (Å²) in [6.45, 7) is -0.663. The number of nitrogens with zero attached hydrogens (tertiary/aromatic N) is 4. The van der Waals surface area contributed by atoms with Crippen molar-refractivity contribution in [1.82, 2.24) is 19.5 Å². The van der Waals surface area contributed by atoms with Crippen LogP contribution in [0.4, 0.5) is 9.70 Å². The summed E-state index contributed by atoms with van der Waals surface area (Å²) >= 11 is 0. The Kier molecular flexibility index (Phi) is 6.09. The van der Waals surface area contributed by atoms with E-state index in [1.54, 1.807) is 0 Å². The van der Waals surface area contributed by atoms with E-state index in [0.29, 0.717) is 0 Å². The highest BCUT2D eigenvalue weighted by atomic mass is 32.3. The van der Waals surface area contributed by atoms with Crippen molar-refractivity contribution < 1.29 is 45.8 Å². The second-order valence-electron chi connectivity index (χ2n) is 6.89. The summed E-state index contributed by atoms with van der Waals surface area (Å²) in [4.78, 5) is 21.1. The lowest BCUT2D eigenvalue weighted by molar-refractivity contribution is -0.0501. The van der Waals surface area contributed by atoms with Gasteiger partial charge in [-0.1, -0.05) is 0 Å². The van der Waals surface area contributed by atoms with Crippen molar-refractivity contribution in [3.8, 4) is 5.75 Å². The van der Waals surface area contributed by atoms with Crippen LogP contribution in [0.3, 0.4) is 0 Å². The number of aliphatic hydroxyl groups is 2. The molecule has 0 bridgehead atoms. The van der Waals surface area contributed by atoms with Gasteiger partial charge in [-0.3, -0.25) is 14.0 Å². The first-order valence-electron chi connectivity index (χ1n) is 9.12. The number of phosphoric ester groups is 1. The second kappa shape index (κ2) is 8.57. The lowest BCUT2D eigenvalue weighted by Crippen LogP contribution is -2.33. The van der Waals surface area contributed by atoms with Gasteiger partial charge >= 0.3 is 18.0 Å². The topological polar surface area (TPSA) is 209 Å². The van der Waals surface area contributed by atoms with Gasteiger partial charge in [0.15, 0.2) is 17.7 Å². The molecule has 33 heavy (non-hydrogen) atoms. The van der Waals surface area contributed by atoms with Crippen molar-refractivity contribution in [2.75, 3.05) is 12.3 Å². The van der Waals surface area contributed by atoms with Gasteiger partial charge in [-0.25, -0.2) is 19.5 Å². The Balaban J connectivity index is 1.42. The molecule has 178 valence electrons. The van der Waals surface area contributed by atoms with E-state index in [1.807, 2.05) is 0 Å². The first kappa shape index (κ1) is 23.4. The Morgan fingerprint density at radius 2 is 1.88 bits per heavy atom. The smallest absolute Gasteiger partial charge is 0.404 e. The predicted octanol–water partition coefficient (Wildman–Crippen LogP) is -0.118. The van der Waals surface area contributed by atoms with E-state index in [4.69, 9.17) is 19.5 Å². The Morgan fingerprint density at radius 3 is 2.55 bits per heavy atom. The van der Waals surface area contributed by atoms with Gasteiger partial charge in [-0.05, 0) is 24.3 Å². The zero-order chi connectivity index (χ0) is 24.0. The molecule has 0 radical (unpaired) electrons. The van der Waals surface area contributed by atoms with Crippen LogP contribution in [0, 0.1) is 0 Å². The van der Waals surface area contributed by atoms with Crippen LogP contribution in [0.1, 0.15) is 6.23 Å². The molecule has 4 rings (SSSR count). The molecular weight excluding hydrogens is 488 g/mol. The lowest BCUT2D eigenvalue weighted by atomic mass is 10.1. The molecule has 1 aromatic carbocycles. The lowest BCUT2D eigenvalue weighted by Gasteiger charge is -2.18. The highest BCUT2D eigenvalue weighted by Crippen LogP contribution is 2.45. The number of fused-ring (bicyclic) bond motifs is 1. The van der Waals surface area contributed by atoms with Crippen LogP contribution < -0.4 is 10.3 Å².